The first-order chi connectivity index (χ1) is 22.3. The third-order valence-electron chi connectivity index (χ3n) is 9.00. The zero-order valence-corrected chi connectivity index (χ0v) is 24.8. The summed E-state index contributed by atoms with van der Waals surface area (Å²) in [5.74, 6) is 0.0136. The third-order valence-corrected chi connectivity index (χ3v) is 9.00. The highest BCUT2D eigenvalue weighted by molar-refractivity contribution is 6.20. The molecule has 45 heavy (non-hydrogen) atoms. The van der Waals surface area contributed by atoms with Gasteiger partial charge in [-0.2, -0.15) is 0 Å². The van der Waals surface area contributed by atoms with E-state index in [1.165, 1.54) is 11.1 Å². The van der Waals surface area contributed by atoms with Crippen LogP contribution in [0, 0.1) is 0 Å². The van der Waals surface area contributed by atoms with Crippen LogP contribution in [0.4, 0.5) is 17.1 Å². The highest BCUT2D eigenvalue weighted by Gasteiger charge is 2.38. The smallest absolute Gasteiger partial charge is 0.190 e. The molecule has 6 aromatic rings. The van der Waals surface area contributed by atoms with Gasteiger partial charge in [0.25, 0.3) is 0 Å². The SMILES string of the molecule is O=C1/C(=C2/C=C(c3ccc(N(c4ccccc4)c4ccccc4)cc3)Cc3ccccc32)C(c2ccccc2)c2ccccc21. The standard InChI is InChI=1S/C43H31NO/c45-43-39-23-13-12-22-38(39)41(31-14-4-1-5-15-31)42(43)40-29-33(28-32-16-10-11-21-37(32)40)30-24-26-36(27-25-30)44(34-17-6-2-7-18-34)35-19-8-3-9-20-35/h1-27,29,41H,28H2/b42-40-. The molecule has 0 spiro atoms. The number of carbonyl (C=O) groups is 1. The third kappa shape index (κ3) is 4.81. The van der Waals surface area contributed by atoms with E-state index in [9.17, 15) is 4.79 Å². The van der Waals surface area contributed by atoms with Crippen molar-refractivity contribution in [3.8, 4) is 0 Å². The molecule has 0 N–H and O–H groups in total. The molecule has 2 aliphatic rings. The number of carbonyl (C=O) groups excluding carboxylic acids is 1. The van der Waals surface area contributed by atoms with Crippen molar-refractivity contribution in [1.29, 1.82) is 0 Å². The van der Waals surface area contributed by atoms with E-state index in [1.807, 2.05) is 36.4 Å². The van der Waals surface area contributed by atoms with E-state index in [4.69, 9.17) is 0 Å². The van der Waals surface area contributed by atoms with Gasteiger partial charge in [-0.1, -0.05) is 127 Å². The second-order valence-electron chi connectivity index (χ2n) is 11.6. The maximum atomic E-state index is 14.2. The Hall–Kier alpha value is -5.73. The largest absolute Gasteiger partial charge is 0.311 e. The van der Waals surface area contributed by atoms with Crippen molar-refractivity contribution >= 4 is 34.0 Å². The summed E-state index contributed by atoms with van der Waals surface area (Å²) in [5, 5.41) is 0. The lowest BCUT2D eigenvalue weighted by molar-refractivity contribution is 0.103. The van der Waals surface area contributed by atoms with Crippen LogP contribution in [-0.2, 0) is 6.42 Å². The Bertz CT molecular complexity index is 2030. The average molecular weight is 578 g/mol. The summed E-state index contributed by atoms with van der Waals surface area (Å²) >= 11 is 0. The van der Waals surface area contributed by atoms with E-state index in [0.717, 1.165) is 62.4 Å². The van der Waals surface area contributed by atoms with E-state index < -0.39 is 0 Å². The lowest BCUT2D eigenvalue weighted by Gasteiger charge is -2.26. The van der Waals surface area contributed by atoms with E-state index in [0.29, 0.717) is 0 Å². The van der Waals surface area contributed by atoms with Crippen LogP contribution < -0.4 is 4.90 Å². The molecule has 0 saturated heterocycles. The van der Waals surface area contributed by atoms with Crippen LogP contribution in [0.3, 0.4) is 0 Å². The molecule has 0 saturated carbocycles. The fourth-order valence-corrected chi connectivity index (χ4v) is 6.94. The predicted octanol–water partition coefficient (Wildman–Crippen LogP) is 10.6. The van der Waals surface area contributed by atoms with Crippen molar-refractivity contribution in [2.24, 2.45) is 0 Å². The van der Waals surface area contributed by atoms with Crippen LogP contribution in [0.5, 0.6) is 0 Å². The first kappa shape index (κ1) is 26.9. The second-order valence-corrected chi connectivity index (χ2v) is 11.6. The number of fused-ring (bicyclic) bond motifs is 2. The Morgan fingerprint density at radius 2 is 1.04 bits per heavy atom. The monoisotopic (exact) mass is 577 g/mol. The Labute approximate surface area is 264 Å². The second kappa shape index (κ2) is 11.4. The molecule has 1 unspecified atom stereocenters. The molecular weight excluding hydrogens is 546 g/mol. The molecule has 0 amide bonds. The van der Waals surface area contributed by atoms with Gasteiger partial charge in [0.15, 0.2) is 5.78 Å². The van der Waals surface area contributed by atoms with Crippen LogP contribution in [0.25, 0.3) is 11.1 Å². The lowest BCUT2D eigenvalue weighted by Crippen LogP contribution is -2.11. The molecular formula is C43H31NO. The molecule has 0 radical (unpaired) electrons. The zero-order chi connectivity index (χ0) is 30.2. The summed E-state index contributed by atoms with van der Waals surface area (Å²) in [6.07, 6.45) is 3.09. The molecule has 0 heterocycles. The zero-order valence-electron chi connectivity index (χ0n) is 24.8. The van der Waals surface area contributed by atoms with Crippen LogP contribution in [0.15, 0.2) is 175 Å². The summed E-state index contributed by atoms with van der Waals surface area (Å²) in [6, 6.07) is 56.9. The Morgan fingerprint density at radius 3 is 1.71 bits per heavy atom. The molecule has 2 heteroatoms. The van der Waals surface area contributed by atoms with Crippen molar-refractivity contribution in [2.75, 3.05) is 4.90 Å². The van der Waals surface area contributed by atoms with Gasteiger partial charge in [-0.25, -0.2) is 0 Å². The lowest BCUT2D eigenvalue weighted by atomic mass is 9.79. The molecule has 1 atom stereocenters. The number of allylic oxidation sites excluding steroid dienone is 4. The minimum absolute atomic E-state index is 0.110. The number of Topliss-reactive ketones (excluding diaryl/α,β-unsaturated/α-hetero) is 1. The maximum Gasteiger partial charge on any atom is 0.190 e. The van der Waals surface area contributed by atoms with Crippen molar-refractivity contribution < 1.29 is 4.79 Å². The van der Waals surface area contributed by atoms with E-state index in [2.05, 4.69) is 138 Å². The van der Waals surface area contributed by atoms with Gasteiger partial charge in [-0.05, 0) is 87.9 Å². The quantitative estimate of drug-likeness (QED) is 0.190. The van der Waals surface area contributed by atoms with Gasteiger partial charge >= 0.3 is 0 Å². The summed E-state index contributed by atoms with van der Waals surface area (Å²) in [7, 11) is 0. The summed E-state index contributed by atoms with van der Waals surface area (Å²) < 4.78 is 0. The van der Waals surface area contributed by atoms with Gasteiger partial charge in [0.1, 0.15) is 0 Å². The first-order valence-electron chi connectivity index (χ1n) is 15.5. The molecule has 2 aliphatic carbocycles. The van der Waals surface area contributed by atoms with E-state index in [-0.39, 0.29) is 11.7 Å². The number of ketones is 1. The first-order valence-corrected chi connectivity index (χ1v) is 15.5. The van der Waals surface area contributed by atoms with Crippen molar-refractivity contribution in [2.45, 2.75) is 12.3 Å². The molecule has 0 bridgehead atoms. The number of para-hydroxylation sites is 2. The minimum Gasteiger partial charge on any atom is -0.311 e. The van der Waals surface area contributed by atoms with Crippen molar-refractivity contribution in [3.05, 3.63) is 209 Å². The number of rotatable bonds is 5. The van der Waals surface area contributed by atoms with Gasteiger partial charge < -0.3 is 4.90 Å². The highest BCUT2D eigenvalue weighted by Crippen LogP contribution is 2.48. The van der Waals surface area contributed by atoms with Gasteiger partial charge in [0.2, 0.25) is 0 Å². The summed E-state index contributed by atoms with van der Waals surface area (Å²) in [5.41, 5.74) is 13.0. The molecule has 6 aromatic carbocycles. The van der Waals surface area contributed by atoms with E-state index in [1.54, 1.807) is 0 Å². The topological polar surface area (TPSA) is 20.3 Å². The van der Waals surface area contributed by atoms with Gasteiger partial charge in [-0.3, -0.25) is 4.79 Å². The number of hydrogen-bond donors (Lipinski definition) is 0. The highest BCUT2D eigenvalue weighted by atomic mass is 16.1. The number of hydrogen-bond acceptors (Lipinski definition) is 2. The van der Waals surface area contributed by atoms with Crippen molar-refractivity contribution in [1.82, 2.24) is 0 Å². The Kier molecular flexibility index (Phi) is 6.81. The van der Waals surface area contributed by atoms with E-state index >= 15 is 0 Å². The van der Waals surface area contributed by atoms with Crippen LogP contribution >= 0.6 is 0 Å². The minimum atomic E-state index is -0.110. The number of benzene rings is 6. The Morgan fingerprint density at radius 1 is 0.511 bits per heavy atom. The molecule has 2 nitrogen and oxygen atoms in total. The maximum absolute atomic E-state index is 14.2. The average Bonchev–Trinajstić information content (AvgIpc) is 3.41. The Balaban J connectivity index is 1.26. The molecule has 8 rings (SSSR count). The molecule has 0 aromatic heterocycles. The fourth-order valence-electron chi connectivity index (χ4n) is 6.94. The number of nitrogens with zero attached hydrogens (tertiary/aromatic N) is 1. The number of anilines is 3. The predicted molar refractivity (Wildman–Crippen MR) is 185 cm³/mol. The van der Waals surface area contributed by atoms with Crippen LogP contribution in [0.1, 0.15) is 44.1 Å². The molecule has 214 valence electrons. The summed E-state index contributed by atoms with van der Waals surface area (Å²) in [4.78, 5) is 16.5. The van der Waals surface area contributed by atoms with Gasteiger partial charge in [0, 0.05) is 34.1 Å². The molecule has 0 fully saturated rings. The fraction of sp³-hybridized carbons (Fsp3) is 0.0465. The van der Waals surface area contributed by atoms with Crippen LogP contribution in [0.2, 0.25) is 0 Å². The van der Waals surface area contributed by atoms with Crippen LogP contribution in [-0.4, -0.2) is 5.78 Å². The van der Waals surface area contributed by atoms with Crippen molar-refractivity contribution in [3.63, 3.8) is 0 Å². The molecule has 0 aliphatic heterocycles. The van der Waals surface area contributed by atoms with Gasteiger partial charge in [0.05, 0.1) is 0 Å². The summed E-state index contributed by atoms with van der Waals surface area (Å²) in [6.45, 7) is 0. The van der Waals surface area contributed by atoms with Gasteiger partial charge in [-0.15, -0.1) is 0 Å². The normalized spacial score (nSPS) is 16.9.